The van der Waals surface area contributed by atoms with Crippen molar-refractivity contribution >= 4 is 73.6 Å². The minimum absolute atomic E-state index is 0.0141. The summed E-state index contributed by atoms with van der Waals surface area (Å²) in [5.41, 5.74) is -0.215. The smallest absolute Gasteiger partial charge is 0.331 e. The standard InChI is InChI=1S/C29H44N6O11S4/c1-6-35(21-13-18(2)49(39,40)28-20(21)14-25(48-28)50(31,41)42)22(36)17-44-23(37)7-8-24(38)46-19(15-32-29(3,4)5)16-45-26(30)27(33-47)34-9-11-43-12-10-34/h7-8,14,18-19,21,30,32,47H,6,9-13,15-17H2,1-5H3,(H2,31,41,42)/b8-7-,30-26?,33-27?/t18-,19-,21-/m0/s1. The summed E-state index contributed by atoms with van der Waals surface area (Å²) in [6, 6.07) is 0.345. The summed E-state index contributed by atoms with van der Waals surface area (Å²) in [7, 11) is -8.06. The lowest BCUT2D eigenvalue weighted by molar-refractivity contribution is -0.150. The fourth-order valence-electron chi connectivity index (χ4n) is 5.00. The molecule has 1 fully saturated rings. The summed E-state index contributed by atoms with van der Waals surface area (Å²) < 4.78 is 74.6. The van der Waals surface area contributed by atoms with Crippen molar-refractivity contribution in [3.63, 3.8) is 0 Å². The van der Waals surface area contributed by atoms with E-state index in [1.54, 1.807) is 11.8 Å². The van der Waals surface area contributed by atoms with Gasteiger partial charge in [0, 0.05) is 49.4 Å². The second-order valence-electron chi connectivity index (χ2n) is 12.4. The van der Waals surface area contributed by atoms with Gasteiger partial charge < -0.3 is 34.1 Å². The van der Waals surface area contributed by atoms with Crippen LogP contribution in [0.1, 0.15) is 52.6 Å². The topological polar surface area (TPSA) is 237 Å². The number of rotatable bonds is 12. The molecule has 280 valence electrons. The number of amides is 1. The highest BCUT2D eigenvalue weighted by atomic mass is 32.3. The molecule has 0 spiro atoms. The Morgan fingerprint density at radius 2 is 1.88 bits per heavy atom. The van der Waals surface area contributed by atoms with Crippen LogP contribution in [0.2, 0.25) is 0 Å². The van der Waals surface area contributed by atoms with Gasteiger partial charge in [0.2, 0.25) is 10.0 Å². The number of likely N-dealkylation sites (N-methyl/N-ethyl adjacent to an activating group) is 1. The van der Waals surface area contributed by atoms with E-state index in [1.165, 1.54) is 11.8 Å². The lowest BCUT2D eigenvalue weighted by Crippen LogP contribution is -2.46. The molecule has 1 aromatic rings. The van der Waals surface area contributed by atoms with Gasteiger partial charge in [-0.05, 0) is 59.9 Å². The zero-order chi connectivity index (χ0) is 37.4. The lowest BCUT2D eigenvalue weighted by atomic mass is 10.0. The zero-order valence-corrected chi connectivity index (χ0v) is 31.8. The van der Waals surface area contributed by atoms with Crippen LogP contribution in [0.15, 0.2) is 31.0 Å². The summed E-state index contributed by atoms with van der Waals surface area (Å²) in [5, 5.41) is 15.8. The fraction of sp³-hybridized carbons (Fsp3) is 0.621. The number of morpholine rings is 1. The molecule has 0 radical (unpaired) electrons. The van der Waals surface area contributed by atoms with E-state index in [0.717, 1.165) is 18.2 Å². The Morgan fingerprint density at radius 3 is 2.46 bits per heavy atom. The molecule has 2 aliphatic rings. The normalized spacial score (nSPS) is 20.1. The van der Waals surface area contributed by atoms with E-state index in [-0.39, 0.29) is 57.4 Å². The van der Waals surface area contributed by atoms with Gasteiger partial charge in [-0.15, -0.1) is 11.3 Å². The number of primary sulfonamides is 1. The van der Waals surface area contributed by atoms with Crippen LogP contribution in [-0.4, -0.2) is 126 Å². The highest BCUT2D eigenvalue weighted by Gasteiger charge is 2.42. The van der Waals surface area contributed by atoms with Gasteiger partial charge in [0.15, 0.2) is 22.3 Å². The molecule has 0 aliphatic carbocycles. The van der Waals surface area contributed by atoms with E-state index < -0.39 is 61.7 Å². The average Bonchev–Trinajstić information content (AvgIpc) is 3.52. The monoisotopic (exact) mass is 780 g/mol. The van der Waals surface area contributed by atoms with Crippen LogP contribution in [0.3, 0.4) is 0 Å². The molecule has 4 N–H and O–H groups in total. The summed E-state index contributed by atoms with van der Waals surface area (Å²) in [4.78, 5) is 41.4. The number of hydrogen-bond acceptors (Lipinski definition) is 16. The number of thiol groups is 1. The third-order valence-corrected chi connectivity index (χ3v) is 13.1. The van der Waals surface area contributed by atoms with Crippen molar-refractivity contribution in [1.82, 2.24) is 15.1 Å². The Balaban J connectivity index is 1.61. The van der Waals surface area contributed by atoms with E-state index in [9.17, 15) is 31.2 Å². The van der Waals surface area contributed by atoms with Gasteiger partial charge in [0.25, 0.3) is 11.8 Å². The third-order valence-electron chi connectivity index (χ3n) is 7.58. The van der Waals surface area contributed by atoms with Crippen LogP contribution in [0.4, 0.5) is 0 Å². The number of amidine groups is 1. The summed E-state index contributed by atoms with van der Waals surface area (Å²) in [6.45, 7) is 10.0. The number of nitrogens with two attached hydrogens (primary N) is 1. The summed E-state index contributed by atoms with van der Waals surface area (Å²) in [5.74, 6) is -2.68. The van der Waals surface area contributed by atoms with Gasteiger partial charge in [0.05, 0.1) is 24.5 Å². The minimum atomic E-state index is -4.21. The minimum Gasteiger partial charge on any atom is -0.471 e. The van der Waals surface area contributed by atoms with Gasteiger partial charge >= 0.3 is 11.9 Å². The molecule has 3 heterocycles. The van der Waals surface area contributed by atoms with E-state index in [0.29, 0.717) is 37.6 Å². The first-order valence-electron chi connectivity index (χ1n) is 15.5. The second-order valence-corrected chi connectivity index (χ2v) is 18.0. The van der Waals surface area contributed by atoms with Gasteiger partial charge in [-0.1, -0.05) is 0 Å². The number of hydrogen-bond donors (Lipinski definition) is 4. The molecule has 2 aliphatic heterocycles. The highest BCUT2D eigenvalue weighted by molar-refractivity contribution is 7.95. The van der Waals surface area contributed by atoms with Crippen LogP contribution < -0.4 is 10.5 Å². The number of thiophene rings is 1. The maximum atomic E-state index is 13.2. The number of nitrogens with zero attached hydrogens (tertiary/aromatic N) is 3. The largest absolute Gasteiger partial charge is 0.471 e. The molecule has 0 unspecified atom stereocenters. The Hall–Kier alpha value is -3.08. The number of sulfonamides is 1. The Kier molecular flexibility index (Phi) is 14.4. The predicted octanol–water partition coefficient (Wildman–Crippen LogP) is 0.820. The van der Waals surface area contributed by atoms with Crippen molar-refractivity contribution in [1.29, 1.82) is 5.41 Å². The molecule has 0 saturated carbocycles. The summed E-state index contributed by atoms with van der Waals surface area (Å²) >= 11 is 4.49. The van der Waals surface area contributed by atoms with Gasteiger partial charge in [0.1, 0.15) is 21.1 Å². The molecule has 0 bridgehead atoms. The quantitative estimate of drug-likeness (QED) is 0.0757. The SMILES string of the molecule is CCN(C(=O)COC(=O)/C=C\C(=O)O[C@@H](CNC(C)(C)C)COC(=N)C(=NS)N1CCOCC1)[C@H]1C[C@H](C)S(=O)(=O)c2sc(S(N)(=O)=O)cc21. The van der Waals surface area contributed by atoms with Gasteiger partial charge in [-0.2, -0.15) is 4.40 Å². The molecule has 1 amide bonds. The first-order valence-corrected chi connectivity index (χ1v) is 19.9. The molecule has 0 aromatic carbocycles. The number of sulfone groups is 1. The first kappa shape index (κ1) is 41.3. The fourth-order valence-corrected chi connectivity index (χ4v) is 9.62. The van der Waals surface area contributed by atoms with Crippen molar-refractivity contribution in [2.75, 3.05) is 52.6 Å². The summed E-state index contributed by atoms with van der Waals surface area (Å²) in [6.07, 6.45) is 0.720. The van der Waals surface area contributed by atoms with Crippen molar-refractivity contribution < 1.29 is 50.2 Å². The van der Waals surface area contributed by atoms with Crippen LogP contribution in [0, 0.1) is 5.41 Å². The lowest BCUT2D eigenvalue weighted by Gasteiger charge is -2.35. The van der Waals surface area contributed by atoms with Crippen molar-refractivity contribution in [2.24, 2.45) is 9.54 Å². The Labute approximate surface area is 301 Å². The number of carbonyl (C=O) groups is 3. The number of esters is 2. The number of fused-ring (bicyclic) bond motifs is 1. The number of ether oxygens (including phenoxy) is 4. The highest BCUT2D eigenvalue weighted by Crippen LogP contribution is 2.45. The first-order chi connectivity index (χ1) is 23.3. The van der Waals surface area contributed by atoms with Gasteiger partial charge in [-0.3, -0.25) is 10.2 Å². The van der Waals surface area contributed by atoms with Crippen molar-refractivity contribution in [3.8, 4) is 0 Å². The molecule has 50 heavy (non-hydrogen) atoms. The van der Waals surface area contributed by atoms with E-state index in [2.05, 4.69) is 22.5 Å². The number of nitrogens with one attached hydrogen (secondary N) is 2. The Bertz CT molecular complexity index is 1700. The van der Waals surface area contributed by atoms with Gasteiger partial charge in [-0.25, -0.2) is 31.6 Å². The molecule has 17 nitrogen and oxygen atoms in total. The van der Waals surface area contributed by atoms with Crippen molar-refractivity contribution in [2.45, 2.75) is 72.4 Å². The molecule has 3 atom stereocenters. The van der Waals surface area contributed by atoms with Crippen LogP contribution in [-0.2, 0) is 53.2 Å². The van der Waals surface area contributed by atoms with Crippen molar-refractivity contribution in [3.05, 3.63) is 23.8 Å². The Morgan fingerprint density at radius 1 is 1.24 bits per heavy atom. The van der Waals surface area contributed by atoms with E-state index >= 15 is 0 Å². The molecular formula is C29H44N6O11S4. The van der Waals surface area contributed by atoms with Crippen LogP contribution >= 0.6 is 24.2 Å². The molecule has 3 rings (SSSR count). The maximum Gasteiger partial charge on any atom is 0.331 e. The van der Waals surface area contributed by atoms with Crippen LogP contribution in [0.25, 0.3) is 0 Å². The maximum absolute atomic E-state index is 13.2. The second kappa shape index (κ2) is 17.4. The van der Waals surface area contributed by atoms with E-state index in [4.69, 9.17) is 29.5 Å². The molecule has 21 heteroatoms. The van der Waals surface area contributed by atoms with Crippen LogP contribution in [0.5, 0.6) is 0 Å². The zero-order valence-electron chi connectivity index (χ0n) is 28.4. The molecular weight excluding hydrogens is 737 g/mol. The average molecular weight is 781 g/mol. The van der Waals surface area contributed by atoms with E-state index in [1.807, 2.05) is 20.8 Å². The molecule has 1 saturated heterocycles. The predicted molar refractivity (Wildman–Crippen MR) is 187 cm³/mol. The third kappa shape index (κ3) is 11.2. The molecule has 1 aromatic heterocycles. The number of carbonyl (C=O) groups excluding carboxylic acids is 3.